The smallest absolute Gasteiger partial charge is 0.198 e. The van der Waals surface area contributed by atoms with Crippen LogP contribution in [0.3, 0.4) is 0 Å². The molecule has 1 aliphatic carbocycles. The topological polar surface area (TPSA) is 84.2 Å². The van der Waals surface area contributed by atoms with Gasteiger partial charge in [0.1, 0.15) is 0 Å². The number of hydrogen-bond donors (Lipinski definition) is 0. The monoisotopic (exact) mass is 460 g/mol. The van der Waals surface area contributed by atoms with Crippen LogP contribution >= 0.6 is 0 Å². The van der Waals surface area contributed by atoms with Gasteiger partial charge in [0.05, 0.1) is 10.9 Å². The SMILES string of the molecule is Cc1ccc(S(=O)(=O)Cn2nnnc2[C@@H](C(C)C)N2CCN(C3CCCCC3)CC2)cc1. The van der Waals surface area contributed by atoms with Gasteiger partial charge in [-0.2, -0.15) is 0 Å². The second-order valence-electron chi connectivity index (χ2n) is 9.65. The Bertz CT molecular complexity index is 974. The Morgan fingerprint density at radius 3 is 2.28 bits per heavy atom. The van der Waals surface area contributed by atoms with E-state index in [1.807, 2.05) is 19.1 Å². The molecule has 2 aliphatic rings. The molecule has 1 atom stereocenters. The Morgan fingerprint density at radius 1 is 1.00 bits per heavy atom. The number of nitrogens with zero attached hydrogens (tertiary/aromatic N) is 6. The van der Waals surface area contributed by atoms with Crippen LogP contribution in [-0.2, 0) is 15.7 Å². The largest absolute Gasteiger partial charge is 0.298 e. The molecule has 0 unspecified atom stereocenters. The number of aromatic nitrogens is 4. The van der Waals surface area contributed by atoms with E-state index < -0.39 is 9.84 Å². The van der Waals surface area contributed by atoms with Crippen molar-refractivity contribution < 1.29 is 8.42 Å². The third kappa shape index (κ3) is 5.21. The Balaban J connectivity index is 1.48. The summed E-state index contributed by atoms with van der Waals surface area (Å²) in [4.78, 5) is 5.38. The lowest BCUT2D eigenvalue weighted by Crippen LogP contribution is -2.52. The zero-order valence-corrected chi connectivity index (χ0v) is 20.3. The van der Waals surface area contributed by atoms with Crippen molar-refractivity contribution in [1.29, 1.82) is 0 Å². The highest BCUT2D eigenvalue weighted by Crippen LogP contribution is 2.30. The predicted octanol–water partition coefficient (Wildman–Crippen LogP) is 3.06. The molecule has 1 aromatic carbocycles. The van der Waals surface area contributed by atoms with Crippen molar-refractivity contribution in [3.63, 3.8) is 0 Å². The van der Waals surface area contributed by atoms with Crippen LogP contribution in [0.15, 0.2) is 29.2 Å². The molecule has 0 amide bonds. The number of hydrogen-bond acceptors (Lipinski definition) is 7. The third-order valence-corrected chi connectivity index (χ3v) is 8.54. The van der Waals surface area contributed by atoms with Crippen molar-refractivity contribution >= 4 is 9.84 Å². The van der Waals surface area contributed by atoms with Crippen LogP contribution in [0, 0.1) is 12.8 Å². The summed E-state index contributed by atoms with van der Waals surface area (Å²) < 4.78 is 27.5. The Kier molecular flexibility index (Phi) is 7.27. The molecule has 1 saturated carbocycles. The summed E-state index contributed by atoms with van der Waals surface area (Å²) in [6.45, 7) is 10.3. The Labute approximate surface area is 191 Å². The van der Waals surface area contributed by atoms with Gasteiger partial charge in [0.25, 0.3) is 0 Å². The maximum Gasteiger partial charge on any atom is 0.198 e. The van der Waals surface area contributed by atoms with Gasteiger partial charge in [0, 0.05) is 32.2 Å². The van der Waals surface area contributed by atoms with Gasteiger partial charge in [0.15, 0.2) is 21.5 Å². The quantitative estimate of drug-likeness (QED) is 0.628. The summed E-state index contributed by atoms with van der Waals surface area (Å²) in [5.41, 5.74) is 1.03. The molecule has 32 heavy (non-hydrogen) atoms. The first-order valence-corrected chi connectivity index (χ1v) is 13.5. The number of sulfone groups is 1. The normalized spacial score (nSPS) is 20.6. The first-order valence-electron chi connectivity index (χ1n) is 11.9. The van der Waals surface area contributed by atoms with Crippen LogP contribution in [0.1, 0.15) is 63.4 Å². The van der Waals surface area contributed by atoms with Crippen LogP contribution < -0.4 is 0 Å². The molecule has 2 aromatic rings. The third-order valence-electron chi connectivity index (χ3n) is 6.96. The predicted molar refractivity (Wildman–Crippen MR) is 124 cm³/mol. The number of tetrazole rings is 1. The van der Waals surface area contributed by atoms with Gasteiger partial charge in [-0.15, -0.1) is 5.10 Å². The maximum absolute atomic E-state index is 13.0. The van der Waals surface area contributed by atoms with Crippen molar-refractivity contribution in [2.24, 2.45) is 5.92 Å². The zero-order chi connectivity index (χ0) is 22.7. The highest BCUT2D eigenvalue weighted by Gasteiger charge is 2.34. The van der Waals surface area contributed by atoms with Gasteiger partial charge in [-0.05, 0) is 48.2 Å². The first-order chi connectivity index (χ1) is 15.3. The van der Waals surface area contributed by atoms with Crippen LogP contribution in [0.2, 0.25) is 0 Å². The van der Waals surface area contributed by atoms with Gasteiger partial charge in [-0.3, -0.25) is 9.80 Å². The highest BCUT2D eigenvalue weighted by molar-refractivity contribution is 7.90. The summed E-state index contributed by atoms with van der Waals surface area (Å²) >= 11 is 0. The van der Waals surface area contributed by atoms with Crippen LogP contribution in [-0.4, -0.2) is 70.6 Å². The van der Waals surface area contributed by atoms with E-state index in [1.165, 1.54) is 36.8 Å². The van der Waals surface area contributed by atoms with Gasteiger partial charge >= 0.3 is 0 Å². The minimum atomic E-state index is -3.54. The van der Waals surface area contributed by atoms with E-state index in [-0.39, 0.29) is 17.8 Å². The molecule has 9 heteroatoms. The van der Waals surface area contributed by atoms with Crippen molar-refractivity contribution in [3.05, 3.63) is 35.7 Å². The molecule has 4 rings (SSSR count). The van der Waals surface area contributed by atoms with E-state index in [0.717, 1.165) is 37.8 Å². The fraction of sp³-hybridized carbons (Fsp3) is 0.696. The molecule has 8 nitrogen and oxygen atoms in total. The number of benzene rings is 1. The average molecular weight is 461 g/mol. The maximum atomic E-state index is 13.0. The lowest BCUT2D eigenvalue weighted by atomic mass is 9.93. The van der Waals surface area contributed by atoms with E-state index in [9.17, 15) is 8.42 Å². The van der Waals surface area contributed by atoms with E-state index in [4.69, 9.17) is 0 Å². The molecule has 1 aromatic heterocycles. The van der Waals surface area contributed by atoms with Gasteiger partial charge in [0.2, 0.25) is 0 Å². The van der Waals surface area contributed by atoms with Gasteiger partial charge in [-0.1, -0.05) is 50.8 Å². The molecule has 176 valence electrons. The summed E-state index contributed by atoms with van der Waals surface area (Å²) in [6.07, 6.45) is 6.72. The molecule has 2 fully saturated rings. The minimum Gasteiger partial charge on any atom is -0.298 e. The van der Waals surface area contributed by atoms with Gasteiger partial charge < -0.3 is 0 Å². The fourth-order valence-electron chi connectivity index (χ4n) is 5.21. The lowest BCUT2D eigenvalue weighted by Gasteiger charge is -2.43. The molecule has 2 heterocycles. The van der Waals surface area contributed by atoms with E-state index >= 15 is 0 Å². The summed E-state index contributed by atoms with van der Waals surface area (Å²) in [5.74, 6) is 0.661. The van der Waals surface area contributed by atoms with E-state index in [1.54, 1.807) is 12.1 Å². The Hall–Kier alpha value is -1.84. The number of aryl methyl sites for hydroxylation is 1. The second kappa shape index (κ2) is 9.97. The van der Waals surface area contributed by atoms with Crippen molar-refractivity contribution in [3.8, 4) is 0 Å². The molecule has 0 N–H and O–H groups in total. The minimum absolute atomic E-state index is 0.00766. The second-order valence-corrected chi connectivity index (χ2v) is 11.6. The lowest BCUT2D eigenvalue weighted by molar-refractivity contribution is 0.0396. The summed E-state index contributed by atoms with van der Waals surface area (Å²) in [5, 5.41) is 12.2. The standard InChI is InChI=1S/C23H36N6O2S/c1-18(2)22(28-15-13-27(14-16-28)20-7-5-4-6-8-20)23-24-25-26-29(23)17-32(30,31)21-11-9-19(3)10-12-21/h9-12,18,20,22H,4-8,13-17H2,1-3H3/t22-/m1/s1. The number of rotatable bonds is 7. The summed E-state index contributed by atoms with van der Waals surface area (Å²) in [6, 6.07) is 7.66. The molecule has 0 bridgehead atoms. The average Bonchev–Trinajstić information content (AvgIpc) is 3.22. The number of piperazine rings is 1. The van der Waals surface area contributed by atoms with Crippen molar-refractivity contribution in [2.75, 3.05) is 26.2 Å². The van der Waals surface area contributed by atoms with Crippen molar-refractivity contribution in [1.82, 2.24) is 30.0 Å². The van der Waals surface area contributed by atoms with Crippen LogP contribution in [0.5, 0.6) is 0 Å². The zero-order valence-electron chi connectivity index (χ0n) is 19.5. The van der Waals surface area contributed by atoms with E-state index in [2.05, 4.69) is 39.2 Å². The Morgan fingerprint density at radius 2 is 1.66 bits per heavy atom. The van der Waals surface area contributed by atoms with Crippen LogP contribution in [0.25, 0.3) is 0 Å². The first kappa shape index (κ1) is 23.3. The molecule has 1 saturated heterocycles. The van der Waals surface area contributed by atoms with Crippen LogP contribution in [0.4, 0.5) is 0 Å². The van der Waals surface area contributed by atoms with Crippen molar-refractivity contribution in [2.45, 2.75) is 75.7 Å². The van der Waals surface area contributed by atoms with Gasteiger partial charge in [-0.25, -0.2) is 13.1 Å². The molecule has 1 aliphatic heterocycles. The fourth-order valence-corrected chi connectivity index (χ4v) is 6.41. The summed E-state index contributed by atoms with van der Waals surface area (Å²) in [7, 11) is -3.54. The molecular formula is C23H36N6O2S. The molecule has 0 radical (unpaired) electrons. The molecule has 0 spiro atoms. The molecular weight excluding hydrogens is 424 g/mol. The van der Waals surface area contributed by atoms with E-state index in [0.29, 0.717) is 10.7 Å². The highest BCUT2D eigenvalue weighted by atomic mass is 32.2.